The van der Waals surface area contributed by atoms with Crippen molar-refractivity contribution in [3.8, 4) is 0 Å². The molecule has 0 radical (unpaired) electrons. The third kappa shape index (κ3) is 3.05. The van der Waals surface area contributed by atoms with Gasteiger partial charge in [-0.3, -0.25) is 4.79 Å². The van der Waals surface area contributed by atoms with E-state index in [2.05, 4.69) is 9.88 Å². The van der Waals surface area contributed by atoms with Crippen LogP contribution in [-0.4, -0.2) is 22.9 Å². The molecule has 2 aromatic rings. The number of carbonyl (C=O) groups excluding carboxylic acids is 1. The van der Waals surface area contributed by atoms with Crippen molar-refractivity contribution in [2.45, 2.75) is 50.4 Å². The average molecular weight is 366 g/mol. The molecule has 4 rings (SSSR count). The maximum Gasteiger partial charge on any atom is 0.416 e. The predicted octanol–water partition coefficient (Wildman–Crippen LogP) is 4.91. The smallest absolute Gasteiger partial charge is 0.342 e. The van der Waals surface area contributed by atoms with Gasteiger partial charge >= 0.3 is 6.18 Å². The van der Waals surface area contributed by atoms with Crippen LogP contribution in [0.4, 0.5) is 18.3 Å². The summed E-state index contributed by atoms with van der Waals surface area (Å²) in [6.07, 6.45) is 2.87. The summed E-state index contributed by atoms with van der Waals surface area (Å²) in [6.45, 7) is 0. The van der Waals surface area contributed by atoms with Gasteiger partial charge in [0.2, 0.25) is 5.78 Å². The van der Waals surface area contributed by atoms with E-state index in [0.29, 0.717) is 17.0 Å². The molecular formula is C18H17F3N2OS. The van der Waals surface area contributed by atoms with E-state index in [0.717, 1.165) is 42.9 Å². The number of piperidine rings is 1. The molecular weight excluding hydrogens is 349 g/mol. The highest BCUT2D eigenvalue weighted by atomic mass is 32.1. The molecule has 3 nitrogen and oxygen atoms in total. The summed E-state index contributed by atoms with van der Waals surface area (Å²) in [5.74, 6) is -0.404. The third-order valence-corrected chi connectivity index (χ3v) is 6.09. The Bertz CT molecular complexity index is 786. The Labute approximate surface area is 147 Å². The number of nitrogens with zero attached hydrogens (tertiary/aromatic N) is 2. The van der Waals surface area contributed by atoms with Crippen molar-refractivity contribution in [1.29, 1.82) is 0 Å². The molecule has 2 unspecified atom stereocenters. The number of ketones is 1. The molecule has 25 heavy (non-hydrogen) atoms. The SMILES string of the molecule is O=C(c1cccc(C(F)(F)F)c1)c1cnc(N2C3CCCC2CC3)s1. The minimum Gasteiger partial charge on any atom is -0.342 e. The van der Waals surface area contributed by atoms with Crippen LogP contribution in [0, 0.1) is 0 Å². The van der Waals surface area contributed by atoms with E-state index in [1.54, 1.807) is 0 Å². The predicted molar refractivity (Wildman–Crippen MR) is 90.1 cm³/mol. The summed E-state index contributed by atoms with van der Waals surface area (Å²) < 4.78 is 38.5. The molecule has 2 fully saturated rings. The number of fused-ring (bicyclic) bond motifs is 2. The Hall–Kier alpha value is -1.89. The number of carbonyl (C=O) groups is 1. The summed E-state index contributed by atoms with van der Waals surface area (Å²) in [5, 5.41) is 0.822. The maximum absolute atomic E-state index is 12.8. The number of rotatable bonds is 3. The van der Waals surface area contributed by atoms with Gasteiger partial charge in [-0.05, 0) is 44.2 Å². The van der Waals surface area contributed by atoms with Crippen LogP contribution in [0.15, 0.2) is 30.5 Å². The normalized spacial score (nSPS) is 23.1. The van der Waals surface area contributed by atoms with E-state index in [9.17, 15) is 18.0 Å². The van der Waals surface area contributed by atoms with Gasteiger partial charge in [0.25, 0.3) is 0 Å². The first-order valence-electron chi connectivity index (χ1n) is 8.39. The number of benzene rings is 1. The van der Waals surface area contributed by atoms with Crippen molar-refractivity contribution >= 4 is 22.3 Å². The molecule has 0 aliphatic carbocycles. The number of alkyl halides is 3. The summed E-state index contributed by atoms with van der Waals surface area (Å²) >= 11 is 1.29. The number of aromatic nitrogens is 1. The van der Waals surface area contributed by atoms with Gasteiger partial charge in [0.1, 0.15) is 0 Å². The van der Waals surface area contributed by atoms with Gasteiger partial charge in [-0.15, -0.1) is 0 Å². The molecule has 2 bridgehead atoms. The second kappa shape index (κ2) is 6.12. The van der Waals surface area contributed by atoms with Crippen LogP contribution in [0.5, 0.6) is 0 Å². The second-order valence-electron chi connectivity index (χ2n) is 6.64. The highest BCUT2D eigenvalue weighted by molar-refractivity contribution is 7.17. The summed E-state index contributed by atoms with van der Waals surface area (Å²) in [5.41, 5.74) is -0.760. The summed E-state index contributed by atoms with van der Waals surface area (Å²) in [7, 11) is 0. The standard InChI is InChI=1S/C18H17F3N2OS/c19-18(20,21)12-4-1-3-11(9-12)16(24)15-10-22-17(25-15)23-13-5-2-6-14(23)8-7-13/h1,3-4,9-10,13-14H,2,5-8H2. The lowest BCUT2D eigenvalue weighted by Crippen LogP contribution is -2.39. The van der Waals surface area contributed by atoms with Crippen LogP contribution in [0.3, 0.4) is 0 Å². The van der Waals surface area contributed by atoms with Crippen molar-refractivity contribution in [2.24, 2.45) is 0 Å². The van der Waals surface area contributed by atoms with Crippen LogP contribution < -0.4 is 4.90 Å². The Balaban J connectivity index is 1.59. The van der Waals surface area contributed by atoms with Crippen molar-refractivity contribution < 1.29 is 18.0 Å². The number of halogens is 3. The summed E-state index contributed by atoms with van der Waals surface area (Å²) in [6, 6.07) is 5.54. The van der Waals surface area contributed by atoms with E-state index >= 15 is 0 Å². The van der Waals surface area contributed by atoms with Crippen molar-refractivity contribution in [1.82, 2.24) is 4.98 Å². The largest absolute Gasteiger partial charge is 0.416 e. The Morgan fingerprint density at radius 3 is 2.56 bits per heavy atom. The lowest BCUT2D eigenvalue weighted by Gasteiger charge is -2.34. The zero-order valence-electron chi connectivity index (χ0n) is 13.4. The van der Waals surface area contributed by atoms with Crippen LogP contribution in [0.1, 0.15) is 52.9 Å². The van der Waals surface area contributed by atoms with Crippen LogP contribution in [0.25, 0.3) is 0 Å². The number of anilines is 1. The van der Waals surface area contributed by atoms with Gasteiger partial charge in [0.05, 0.1) is 16.6 Å². The van der Waals surface area contributed by atoms with Gasteiger partial charge in [0.15, 0.2) is 5.13 Å². The Morgan fingerprint density at radius 2 is 1.88 bits per heavy atom. The van der Waals surface area contributed by atoms with Crippen molar-refractivity contribution in [3.63, 3.8) is 0 Å². The summed E-state index contributed by atoms with van der Waals surface area (Å²) in [4.78, 5) is 19.7. The van der Waals surface area contributed by atoms with Crippen LogP contribution >= 0.6 is 11.3 Å². The highest BCUT2D eigenvalue weighted by Gasteiger charge is 2.38. The van der Waals surface area contributed by atoms with Crippen LogP contribution in [-0.2, 0) is 6.18 Å². The molecule has 1 aromatic carbocycles. The molecule has 1 aromatic heterocycles. The molecule has 2 atom stereocenters. The van der Waals surface area contributed by atoms with E-state index in [-0.39, 0.29) is 5.56 Å². The lowest BCUT2D eigenvalue weighted by atomic mass is 10.0. The zero-order valence-corrected chi connectivity index (χ0v) is 14.2. The number of thiazole rings is 1. The fourth-order valence-corrected chi connectivity index (χ4v) is 4.92. The molecule has 0 saturated carbocycles. The van der Waals surface area contributed by atoms with E-state index in [1.807, 2.05) is 0 Å². The zero-order chi connectivity index (χ0) is 17.6. The van der Waals surface area contributed by atoms with Crippen molar-refractivity contribution in [3.05, 3.63) is 46.5 Å². The van der Waals surface area contributed by atoms with Gasteiger partial charge in [0, 0.05) is 17.6 Å². The minimum atomic E-state index is -4.46. The Kier molecular flexibility index (Phi) is 4.06. The molecule has 2 saturated heterocycles. The first-order valence-corrected chi connectivity index (χ1v) is 9.21. The first kappa shape index (κ1) is 16.6. The Morgan fingerprint density at radius 1 is 1.16 bits per heavy atom. The van der Waals surface area contributed by atoms with Crippen LogP contribution in [0.2, 0.25) is 0 Å². The first-order chi connectivity index (χ1) is 11.9. The molecule has 7 heteroatoms. The maximum atomic E-state index is 12.8. The van der Waals surface area contributed by atoms with Gasteiger partial charge in [-0.1, -0.05) is 23.5 Å². The second-order valence-corrected chi connectivity index (χ2v) is 7.65. The molecule has 0 amide bonds. The highest BCUT2D eigenvalue weighted by Crippen LogP contribution is 2.41. The molecule has 2 aliphatic rings. The molecule has 3 heterocycles. The number of hydrogen-bond acceptors (Lipinski definition) is 4. The fraction of sp³-hybridized carbons (Fsp3) is 0.444. The van der Waals surface area contributed by atoms with Gasteiger partial charge < -0.3 is 4.90 Å². The molecule has 0 spiro atoms. The lowest BCUT2D eigenvalue weighted by molar-refractivity contribution is -0.137. The topological polar surface area (TPSA) is 33.2 Å². The van der Waals surface area contributed by atoms with Crippen molar-refractivity contribution in [2.75, 3.05) is 4.90 Å². The monoisotopic (exact) mass is 366 g/mol. The molecule has 2 aliphatic heterocycles. The van der Waals surface area contributed by atoms with E-state index < -0.39 is 17.5 Å². The third-order valence-electron chi connectivity index (χ3n) is 5.08. The van der Waals surface area contributed by atoms with E-state index in [4.69, 9.17) is 0 Å². The number of hydrogen-bond donors (Lipinski definition) is 0. The fourth-order valence-electron chi connectivity index (χ4n) is 3.90. The van der Waals surface area contributed by atoms with Gasteiger partial charge in [-0.25, -0.2) is 4.98 Å². The molecule has 132 valence electrons. The minimum absolute atomic E-state index is 0.0478. The van der Waals surface area contributed by atoms with E-state index in [1.165, 1.54) is 36.1 Å². The average Bonchev–Trinajstić information content (AvgIpc) is 3.15. The quantitative estimate of drug-likeness (QED) is 0.724. The molecule has 0 N–H and O–H groups in total. The van der Waals surface area contributed by atoms with Gasteiger partial charge in [-0.2, -0.15) is 13.2 Å².